The van der Waals surface area contributed by atoms with E-state index in [2.05, 4.69) is 35.2 Å². The Hall–Kier alpha value is -3.75. The molecule has 0 bridgehead atoms. The van der Waals surface area contributed by atoms with Gasteiger partial charge in [-0.25, -0.2) is 9.99 Å². The number of hydrogen-bond acceptors (Lipinski definition) is 4. The smallest absolute Gasteiger partial charge is 0.266 e. The molecule has 3 aromatic carbocycles. The Bertz CT molecular complexity index is 1650. The zero-order chi connectivity index (χ0) is 27.0. The number of amides is 2. The van der Waals surface area contributed by atoms with Crippen molar-refractivity contribution in [3.05, 3.63) is 110 Å². The Morgan fingerprint density at radius 1 is 1.11 bits per heavy atom. The minimum atomic E-state index is -0.634. The Kier molecular flexibility index (Phi) is 7.19. The molecule has 38 heavy (non-hydrogen) atoms. The summed E-state index contributed by atoms with van der Waals surface area (Å²) >= 11 is 9.64. The second kappa shape index (κ2) is 10.6. The van der Waals surface area contributed by atoms with Gasteiger partial charge in [0, 0.05) is 15.6 Å². The summed E-state index contributed by atoms with van der Waals surface area (Å²) in [6.45, 7) is 4.24. The lowest BCUT2D eigenvalue weighted by atomic mass is 10.0. The Labute approximate surface area is 232 Å². The van der Waals surface area contributed by atoms with Crippen molar-refractivity contribution in [3.63, 3.8) is 0 Å². The van der Waals surface area contributed by atoms with Crippen molar-refractivity contribution in [1.29, 1.82) is 0 Å². The third kappa shape index (κ3) is 5.14. The molecule has 4 aromatic rings. The van der Waals surface area contributed by atoms with Gasteiger partial charge in [-0.2, -0.15) is 0 Å². The highest BCUT2D eigenvalue weighted by Gasteiger charge is 2.41. The minimum absolute atomic E-state index is 0.0930. The Balaban J connectivity index is 1.47. The van der Waals surface area contributed by atoms with Crippen molar-refractivity contribution in [2.24, 2.45) is 0 Å². The van der Waals surface area contributed by atoms with E-state index in [0.717, 1.165) is 10.0 Å². The van der Waals surface area contributed by atoms with Crippen molar-refractivity contribution < 1.29 is 9.59 Å². The van der Waals surface area contributed by atoms with Gasteiger partial charge in [0.05, 0.1) is 23.0 Å². The van der Waals surface area contributed by atoms with Gasteiger partial charge in [0.25, 0.3) is 11.5 Å². The summed E-state index contributed by atoms with van der Waals surface area (Å²) in [5.74, 6) is 0.0127. The van der Waals surface area contributed by atoms with E-state index in [0.29, 0.717) is 33.4 Å². The number of β-lactam (4-membered cyclic amide) rings is 1. The first-order chi connectivity index (χ1) is 18.2. The molecule has 0 saturated carbocycles. The monoisotopic (exact) mass is 590 g/mol. The second-order valence-electron chi connectivity index (χ2n) is 9.37. The van der Waals surface area contributed by atoms with Gasteiger partial charge in [-0.15, -0.1) is 0 Å². The number of fused-ring (bicyclic) bond motifs is 1. The lowest BCUT2D eigenvalue weighted by Gasteiger charge is -2.39. The average Bonchev–Trinajstić information content (AvgIpc) is 2.89. The standard InChI is InChI=1S/C29H24BrClN4O3/c1-17(2)19-9-6-18(7-10-19)8-13-26(36)33-35-25(16-27(35)37)28-32-24-12-11-20(30)14-23(24)29(38)34(28)22-5-3-4-21(31)15-22/h3-15,17,25H,16H2,1-2H3,(H,33,36)/b13-8+. The van der Waals surface area contributed by atoms with Crippen LogP contribution in [0, 0.1) is 0 Å². The molecule has 1 unspecified atom stereocenters. The highest BCUT2D eigenvalue weighted by molar-refractivity contribution is 9.10. The predicted molar refractivity (Wildman–Crippen MR) is 152 cm³/mol. The highest BCUT2D eigenvalue weighted by Crippen LogP contribution is 2.33. The van der Waals surface area contributed by atoms with Gasteiger partial charge in [-0.1, -0.05) is 71.7 Å². The number of halogens is 2. The number of hydrogen-bond donors (Lipinski definition) is 1. The second-order valence-corrected chi connectivity index (χ2v) is 10.7. The summed E-state index contributed by atoms with van der Waals surface area (Å²) in [5.41, 5.74) is 5.43. The molecule has 1 aliphatic rings. The van der Waals surface area contributed by atoms with Crippen LogP contribution in [0.4, 0.5) is 0 Å². The fraction of sp³-hybridized carbons (Fsp3) is 0.172. The molecule has 9 heteroatoms. The van der Waals surface area contributed by atoms with Crippen LogP contribution < -0.4 is 11.0 Å². The van der Waals surface area contributed by atoms with Crippen molar-refractivity contribution in [1.82, 2.24) is 20.0 Å². The van der Waals surface area contributed by atoms with Crippen LogP contribution in [0.2, 0.25) is 5.02 Å². The van der Waals surface area contributed by atoms with Crippen LogP contribution in [0.25, 0.3) is 22.7 Å². The molecule has 0 radical (unpaired) electrons. The molecule has 0 spiro atoms. The first kappa shape index (κ1) is 25.9. The molecule has 0 aliphatic carbocycles. The molecule has 1 saturated heterocycles. The molecular formula is C29H24BrClN4O3. The fourth-order valence-electron chi connectivity index (χ4n) is 4.35. The van der Waals surface area contributed by atoms with Crippen LogP contribution in [0.15, 0.2) is 82.1 Å². The van der Waals surface area contributed by atoms with Gasteiger partial charge < -0.3 is 0 Å². The van der Waals surface area contributed by atoms with Crippen LogP contribution in [0.3, 0.4) is 0 Å². The van der Waals surface area contributed by atoms with Gasteiger partial charge in [-0.05, 0) is 59.5 Å². The number of nitrogens with one attached hydrogen (secondary N) is 1. The number of rotatable bonds is 6. The largest absolute Gasteiger partial charge is 0.273 e. The maximum atomic E-state index is 13.7. The lowest BCUT2D eigenvalue weighted by molar-refractivity contribution is -0.156. The maximum Gasteiger partial charge on any atom is 0.266 e. The van der Waals surface area contributed by atoms with Crippen LogP contribution in [0.5, 0.6) is 0 Å². The summed E-state index contributed by atoms with van der Waals surface area (Å²) in [4.78, 5) is 43.7. The molecule has 1 aliphatic heterocycles. The first-order valence-electron chi connectivity index (χ1n) is 12.1. The van der Waals surface area contributed by atoms with E-state index < -0.39 is 11.9 Å². The molecule has 1 aromatic heterocycles. The van der Waals surface area contributed by atoms with E-state index in [4.69, 9.17) is 16.6 Å². The van der Waals surface area contributed by atoms with Crippen LogP contribution in [-0.4, -0.2) is 26.4 Å². The molecular weight excluding hydrogens is 568 g/mol. The Morgan fingerprint density at radius 3 is 2.55 bits per heavy atom. The average molecular weight is 592 g/mol. The SMILES string of the molecule is CC(C)c1ccc(/C=C/C(=O)NN2C(=O)CC2c2nc3ccc(Br)cc3c(=O)n2-c2cccc(Cl)c2)cc1. The van der Waals surface area contributed by atoms with Gasteiger partial charge >= 0.3 is 0 Å². The van der Waals surface area contributed by atoms with Gasteiger partial charge in [0.15, 0.2) is 0 Å². The lowest BCUT2D eigenvalue weighted by Crippen LogP contribution is -2.57. The highest BCUT2D eigenvalue weighted by atomic mass is 79.9. The van der Waals surface area contributed by atoms with E-state index in [-0.39, 0.29) is 17.9 Å². The summed E-state index contributed by atoms with van der Waals surface area (Å²) in [6.07, 6.45) is 3.16. The third-order valence-electron chi connectivity index (χ3n) is 6.43. The number of carbonyl (C=O) groups excluding carboxylic acids is 2. The van der Waals surface area contributed by atoms with Gasteiger partial charge in [-0.3, -0.25) is 24.4 Å². The molecule has 192 valence electrons. The van der Waals surface area contributed by atoms with E-state index >= 15 is 0 Å². The van der Waals surface area contributed by atoms with E-state index in [9.17, 15) is 14.4 Å². The minimum Gasteiger partial charge on any atom is -0.273 e. The van der Waals surface area contributed by atoms with Crippen molar-refractivity contribution in [3.8, 4) is 5.69 Å². The van der Waals surface area contributed by atoms with Gasteiger partial charge in [0.1, 0.15) is 11.9 Å². The van der Waals surface area contributed by atoms with Crippen LogP contribution in [0.1, 0.15) is 49.2 Å². The summed E-state index contributed by atoms with van der Waals surface area (Å²) in [6, 6.07) is 19.4. The van der Waals surface area contributed by atoms with E-state index in [1.807, 2.05) is 24.3 Å². The quantitative estimate of drug-likeness (QED) is 0.222. The molecule has 2 heterocycles. The van der Waals surface area contributed by atoms with Gasteiger partial charge in [0.2, 0.25) is 5.91 Å². The summed E-state index contributed by atoms with van der Waals surface area (Å²) < 4.78 is 2.19. The first-order valence-corrected chi connectivity index (χ1v) is 13.3. The molecule has 2 amide bonds. The summed E-state index contributed by atoms with van der Waals surface area (Å²) in [7, 11) is 0. The molecule has 1 N–H and O–H groups in total. The topological polar surface area (TPSA) is 84.3 Å². The zero-order valence-electron chi connectivity index (χ0n) is 20.7. The number of hydrazine groups is 1. The maximum absolute atomic E-state index is 13.7. The number of nitrogens with zero attached hydrogens (tertiary/aromatic N) is 3. The van der Waals surface area contributed by atoms with Crippen molar-refractivity contribution in [2.75, 3.05) is 0 Å². The molecule has 7 nitrogen and oxygen atoms in total. The normalized spacial score (nSPS) is 15.3. The predicted octanol–water partition coefficient (Wildman–Crippen LogP) is 5.94. The van der Waals surface area contributed by atoms with E-state index in [1.54, 1.807) is 48.5 Å². The number of aromatic nitrogens is 2. The molecule has 5 rings (SSSR count). The fourth-order valence-corrected chi connectivity index (χ4v) is 4.89. The zero-order valence-corrected chi connectivity index (χ0v) is 23.0. The van der Waals surface area contributed by atoms with Crippen molar-refractivity contribution in [2.45, 2.75) is 32.2 Å². The molecule has 1 fully saturated rings. The summed E-state index contributed by atoms with van der Waals surface area (Å²) in [5, 5.41) is 2.09. The Morgan fingerprint density at radius 2 is 1.87 bits per heavy atom. The van der Waals surface area contributed by atoms with Crippen LogP contribution in [-0.2, 0) is 9.59 Å². The molecule has 1 atom stereocenters. The third-order valence-corrected chi connectivity index (χ3v) is 7.16. The van der Waals surface area contributed by atoms with Crippen LogP contribution >= 0.6 is 27.5 Å². The number of carbonyl (C=O) groups is 2. The number of benzene rings is 3. The van der Waals surface area contributed by atoms with Crippen molar-refractivity contribution >= 4 is 56.3 Å². The van der Waals surface area contributed by atoms with E-state index in [1.165, 1.54) is 21.2 Å².